The Morgan fingerprint density at radius 1 is 1.20 bits per heavy atom. The summed E-state index contributed by atoms with van der Waals surface area (Å²) in [6, 6.07) is 5.17. The minimum absolute atomic E-state index is 0.109. The number of nitrogens with zero attached hydrogens (tertiary/aromatic N) is 1. The molecule has 1 fully saturated rings. The Bertz CT molecular complexity index is 484. The van der Waals surface area contributed by atoms with Crippen molar-refractivity contribution in [2.45, 2.75) is 18.9 Å². The number of amides is 3. The summed E-state index contributed by atoms with van der Waals surface area (Å²) in [6.07, 6.45) is 0.130. The summed E-state index contributed by atoms with van der Waals surface area (Å²) in [4.78, 5) is 24.1. The highest BCUT2D eigenvalue weighted by Crippen LogP contribution is 2.13. The van der Waals surface area contributed by atoms with Crippen molar-refractivity contribution in [3.8, 4) is 0 Å². The maximum absolute atomic E-state index is 12.7. The number of anilines is 1. The summed E-state index contributed by atoms with van der Waals surface area (Å²) in [7, 11) is 0. The van der Waals surface area contributed by atoms with Gasteiger partial charge in [-0.2, -0.15) is 0 Å². The van der Waals surface area contributed by atoms with Gasteiger partial charge in [-0.05, 0) is 37.1 Å². The summed E-state index contributed by atoms with van der Waals surface area (Å²) in [5.74, 6) is -0.358. The molecule has 7 heteroatoms. The van der Waals surface area contributed by atoms with Crippen LogP contribution in [0.2, 0.25) is 0 Å². The van der Waals surface area contributed by atoms with E-state index in [2.05, 4.69) is 10.6 Å². The molecule has 3 amide bonds. The number of hydrogen-bond donors (Lipinski definition) is 3. The zero-order valence-electron chi connectivity index (χ0n) is 10.8. The molecule has 1 aliphatic heterocycles. The lowest BCUT2D eigenvalue weighted by atomic mass is 10.1. The number of nitrogens with one attached hydrogen (secondary N) is 2. The third-order valence-corrected chi connectivity index (χ3v) is 3.21. The van der Waals surface area contributed by atoms with E-state index in [-0.39, 0.29) is 17.9 Å². The Balaban J connectivity index is 1.82. The molecule has 1 aliphatic rings. The number of carbonyl (C=O) groups excluding carboxylic acids is 1. The van der Waals surface area contributed by atoms with E-state index in [9.17, 15) is 14.0 Å². The lowest BCUT2D eigenvalue weighted by Gasteiger charge is -2.31. The largest absolute Gasteiger partial charge is 0.465 e. The fraction of sp³-hybridized carbons (Fsp3) is 0.385. The van der Waals surface area contributed by atoms with E-state index in [1.165, 1.54) is 24.3 Å². The van der Waals surface area contributed by atoms with Gasteiger partial charge in [-0.25, -0.2) is 14.0 Å². The van der Waals surface area contributed by atoms with Gasteiger partial charge >= 0.3 is 12.1 Å². The standard InChI is InChI=1S/C13H16FN3O3/c14-9-1-3-10(4-2-9)15-12(18)17-7-5-11(6-8-17)16-13(19)20/h1-4,11,16H,5-8H2,(H,15,18)(H,19,20). The number of rotatable bonds is 2. The first-order chi connectivity index (χ1) is 9.54. The first kappa shape index (κ1) is 14.1. The molecule has 0 saturated carbocycles. The van der Waals surface area contributed by atoms with Crippen LogP contribution in [0.15, 0.2) is 24.3 Å². The maximum Gasteiger partial charge on any atom is 0.404 e. The molecular formula is C13H16FN3O3. The highest BCUT2D eigenvalue weighted by atomic mass is 19.1. The third-order valence-electron chi connectivity index (χ3n) is 3.21. The van der Waals surface area contributed by atoms with Crippen LogP contribution in [0, 0.1) is 5.82 Å². The summed E-state index contributed by atoms with van der Waals surface area (Å²) in [5, 5.41) is 13.7. The molecule has 0 aliphatic carbocycles. The van der Waals surface area contributed by atoms with Gasteiger partial charge in [0.25, 0.3) is 0 Å². The quantitative estimate of drug-likeness (QED) is 0.776. The molecule has 0 radical (unpaired) electrons. The minimum atomic E-state index is -1.04. The number of likely N-dealkylation sites (tertiary alicyclic amines) is 1. The van der Waals surface area contributed by atoms with Crippen LogP contribution in [-0.2, 0) is 0 Å². The lowest BCUT2D eigenvalue weighted by Crippen LogP contribution is -2.47. The predicted octanol–water partition coefficient (Wildman–Crippen LogP) is 2.09. The molecular weight excluding hydrogens is 265 g/mol. The SMILES string of the molecule is O=C(O)NC1CCN(C(=O)Nc2ccc(F)cc2)CC1. The van der Waals surface area contributed by atoms with E-state index in [0.29, 0.717) is 31.6 Å². The number of halogens is 1. The van der Waals surface area contributed by atoms with Crippen molar-refractivity contribution >= 4 is 17.8 Å². The molecule has 20 heavy (non-hydrogen) atoms. The minimum Gasteiger partial charge on any atom is -0.465 e. The molecule has 1 heterocycles. The molecule has 0 bridgehead atoms. The van der Waals surface area contributed by atoms with Gasteiger partial charge in [0.15, 0.2) is 0 Å². The molecule has 1 aromatic carbocycles. The fourth-order valence-electron chi connectivity index (χ4n) is 2.14. The van der Waals surface area contributed by atoms with Gasteiger partial charge in [0, 0.05) is 24.8 Å². The van der Waals surface area contributed by atoms with E-state index >= 15 is 0 Å². The fourth-order valence-corrected chi connectivity index (χ4v) is 2.14. The Labute approximate surface area is 115 Å². The first-order valence-electron chi connectivity index (χ1n) is 6.35. The van der Waals surface area contributed by atoms with Crippen molar-refractivity contribution in [2.24, 2.45) is 0 Å². The first-order valence-corrected chi connectivity index (χ1v) is 6.35. The van der Waals surface area contributed by atoms with Crippen molar-refractivity contribution in [1.29, 1.82) is 0 Å². The second kappa shape index (κ2) is 6.23. The van der Waals surface area contributed by atoms with Crippen LogP contribution in [0.4, 0.5) is 19.7 Å². The van der Waals surface area contributed by atoms with Crippen LogP contribution in [0.1, 0.15) is 12.8 Å². The number of carbonyl (C=O) groups is 2. The molecule has 3 N–H and O–H groups in total. The van der Waals surface area contributed by atoms with E-state index in [1.807, 2.05) is 0 Å². The Morgan fingerprint density at radius 2 is 1.80 bits per heavy atom. The lowest BCUT2D eigenvalue weighted by molar-refractivity contribution is 0.171. The van der Waals surface area contributed by atoms with Crippen molar-refractivity contribution in [1.82, 2.24) is 10.2 Å². The molecule has 2 rings (SSSR count). The average molecular weight is 281 g/mol. The molecule has 0 unspecified atom stereocenters. The van der Waals surface area contributed by atoms with Crippen LogP contribution < -0.4 is 10.6 Å². The maximum atomic E-state index is 12.7. The summed E-state index contributed by atoms with van der Waals surface area (Å²) >= 11 is 0. The summed E-state index contributed by atoms with van der Waals surface area (Å²) in [5.41, 5.74) is 0.530. The Morgan fingerprint density at radius 3 is 2.35 bits per heavy atom. The third kappa shape index (κ3) is 3.84. The Hall–Kier alpha value is -2.31. The van der Waals surface area contributed by atoms with Crippen LogP contribution in [0.25, 0.3) is 0 Å². The molecule has 0 atom stereocenters. The molecule has 1 saturated heterocycles. The van der Waals surface area contributed by atoms with Crippen molar-refractivity contribution in [2.75, 3.05) is 18.4 Å². The number of piperidine rings is 1. The van der Waals surface area contributed by atoms with Gasteiger partial charge in [-0.15, -0.1) is 0 Å². The second-order valence-electron chi connectivity index (χ2n) is 4.65. The van der Waals surface area contributed by atoms with Gasteiger partial charge < -0.3 is 20.6 Å². The van der Waals surface area contributed by atoms with Crippen molar-refractivity contribution in [3.05, 3.63) is 30.1 Å². The van der Waals surface area contributed by atoms with Crippen LogP contribution in [0.5, 0.6) is 0 Å². The molecule has 0 spiro atoms. The van der Waals surface area contributed by atoms with Crippen molar-refractivity contribution < 1.29 is 19.1 Å². The van der Waals surface area contributed by atoms with E-state index in [1.54, 1.807) is 4.90 Å². The molecule has 108 valence electrons. The molecule has 1 aromatic rings. The van der Waals surface area contributed by atoms with Gasteiger partial charge in [0.05, 0.1) is 0 Å². The van der Waals surface area contributed by atoms with E-state index in [4.69, 9.17) is 5.11 Å². The average Bonchev–Trinajstić information content (AvgIpc) is 2.41. The zero-order chi connectivity index (χ0) is 14.5. The Kier molecular flexibility index (Phi) is 4.39. The highest BCUT2D eigenvalue weighted by Gasteiger charge is 2.23. The normalized spacial score (nSPS) is 15.8. The van der Waals surface area contributed by atoms with Gasteiger partial charge in [0.2, 0.25) is 0 Å². The predicted molar refractivity (Wildman–Crippen MR) is 71.2 cm³/mol. The molecule has 0 aromatic heterocycles. The van der Waals surface area contributed by atoms with Crippen molar-refractivity contribution in [3.63, 3.8) is 0 Å². The monoisotopic (exact) mass is 281 g/mol. The topological polar surface area (TPSA) is 81.7 Å². The number of urea groups is 1. The number of benzene rings is 1. The summed E-state index contributed by atoms with van der Waals surface area (Å²) in [6.45, 7) is 0.968. The highest BCUT2D eigenvalue weighted by molar-refractivity contribution is 5.89. The van der Waals surface area contributed by atoms with Gasteiger partial charge in [-0.1, -0.05) is 0 Å². The zero-order valence-corrected chi connectivity index (χ0v) is 10.8. The smallest absolute Gasteiger partial charge is 0.404 e. The van der Waals surface area contributed by atoms with E-state index < -0.39 is 6.09 Å². The van der Waals surface area contributed by atoms with Crippen LogP contribution in [-0.4, -0.2) is 41.3 Å². The summed E-state index contributed by atoms with van der Waals surface area (Å²) < 4.78 is 12.7. The number of hydrogen-bond acceptors (Lipinski definition) is 2. The molecule has 6 nitrogen and oxygen atoms in total. The van der Waals surface area contributed by atoms with Crippen LogP contribution in [0.3, 0.4) is 0 Å². The van der Waals surface area contributed by atoms with Crippen LogP contribution >= 0.6 is 0 Å². The number of carboxylic acid groups (broad SMARTS) is 1. The second-order valence-corrected chi connectivity index (χ2v) is 4.65. The van der Waals surface area contributed by atoms with Gasteiger partial charge in [-0.3, -0.25) is 0 Å². The van der Waals surface area contributed by atoms with Gasteiger partial charge in [0.1, 0.15) is 5.82 Å². The van der Waals surface area contributed by atoms with E-state index in [0.717, 1.165) is 0 Å².